The Balaban J connectivity index is 0.000000380. The van der Waals surface area contributed by atoms with Crippen molar-refractivity contribution in [3.63, 3.8) is 0 Å². The van der Waals surface area contributed by atoms with Gasteiger partial charge in [-0.05, 0) is 20.0 Å². The Bertz CT molecular complexity index is 900. The van der Waals surface area contributed by atoms with Crippen molar-refractivity contribution in [1.29, 1.82) is 0 Å². The number of hydrogen-bond acceptors (Lipinski definition) is 7. The van der Waals surface area contributed by atoms with E-state index in [0.29, 0.717) is 4.88 Å². The number of thiazole rings is 1. The third-order valence-corrected chi connectivity index (χ3v) is 5.97. The fraction of sp³-hybridized carbons (Fsp3) is 0.222. The number of carbonyl (C=O) groups excluding carboxylic acids is 1. The highest BCUT2D eigenvalue weighted by atomic mass is 32.2. The van der Waals surface area contributed by atoms with Crippen LogP contribution in [0, 0.1) is 6.92 Å². The molecule has 6 nitrogen and oxygen atoms in total. The molecule has 0 radical (unpaired) electrons. The minimum atomic E-state index is -1.28. The highest BCUT2D eigenvalue weighted by Crippen LogP contribution is 2.35. The Kier molecular flexibility index (Phi) is 8.26. The van der Waals surface area contributed by atoms with Gasteiger partial charge in [0.05, 0.1) is 19.9 Å². The van der Waals surface area contributed by atoms with Crippen LogP contribution in [0.5, 0.6) is 0 Å². The van der Waals surface area contributed by atoms with Crippen LogP contribution in [0.15, 0.2) is 41.8 Å². The number of nitrogens with zero attached hydrogens (tertiary/aromatic N) is 1. The first-order valence-corrected chi connectivity index (χ1v) is 10.6. The summed E-state index contributed by atoms with van der Waals surface area (Å²) in [4.78, 5) is 18.0. The molecular formula is C18H20N2O4S3. The van der Waals surface area contributed by atoms with Gasteiger partial charge in [0.1, 0.15) is 9.88 Å². The lowest BCUT2D eigenvalue weighted by atomic mass is 10.2. The van der Waals surface area contributed by atoms with Crippen LogP contribution in [-0.2, 0) is 20.2 Å². The number of rotatable bonds is 5. The molecule has 0 aliphatic rings. The monoisotopic (exact) mass is 424 g/mol. The average molecular weight is 425 g/mol. The number of aromatic nitrogens is 1. The minimum Gasteiger partial charge on any atom is -0.465 e. The molecule has 1 aromatic carbocycles. The fourth-order valence-corrected chi connectivity index (χ4v) is 4.19. The molecule has 144 valence electrons. The van der Waals surface area contributed by atoms with E-state index in [1.54, 1.807) is 18.4 Å². The van der Waals surface area contributed by atoms with E-state index in [-0.39, 0.29) is 5.97 Å². The third kappa shape index (κ3) is 5.78. The zero-order chi connectivity index (χ0) is 19.8. The van der Waals surface area contributed by atoms with Gasteiger partial charge < -0.3 is 4.74 Å². The van der Waals surface area contributed by atoms with Crippen LogP contribution in [0.2, 0.25) is 0 Å². The van der Waals surface area contributed by atoms with Crippen LogP contribution in [0.1, 0.15) is 14.5 Å². The average Bonchev–Trinajstić information content (AvgIpc) is 3.34. The molecule has 2 aromatic heterocycles. The summed E-state index contributed by atoms with van der Waals surface area (Å²) < 4.78 is 21.4. The predicted octanol–water partition coefficient (Wildman–Crippen LogP) is 4.06. The molecule has 1 unspecified atom stereocenters. The molecule has 9 heteroatoms. The summed E-state index contributed by atoms with van der Waals surface area (Å²) in [7, 11) is 4.32. The van der Waals surface area contributed by atoms with E-state index < -0.39 is 11.3 Å². The van der Waals surface area contributed by atoms with Crippen molar-refractivity contribution in [2.75, 3.05) is 21.3 Å². The summed E-state index contributed by atoms with van der Waals surface area (Å²) in [5, 5.41) is 2.97. The van der Waals surface area contributed by atoms with Gasteiger partial charge in [0.25, 0.3) is 0 Å². The van der Waals surface area contributed by atoms with Gasteiger partial charge in [0, 0.05) is 21.4 Å². The highest BCUT2D eigenvalue weighted by molar-refractivity contribution is 7.78. The number of benzene rings is 1. The molecule has 3 aromatic rings. The fourth-order valence-electron chi connectivity index (χ4n) is 2.12. The molecule has 2 heterocycles. The molecule has 1 atom stereocenters. The molecule has 0 saturated heterocycles. The van der Waals surface area contributed by atoms with E-state index in [2.05, 4.69) is 13.9 Å². The second kappa shape index (κ2) is 10.4. The van der Waals surface area contributed by atoms with Crippen LogP contribution in [0.4, 0.5) is 0 Å². The summed E-state index contributed by atoms with van der Waals surface area (Å²) in [5.41, 5.74) is 3.06. The Labute approximate surface area is 169 Å². The SMILES string of the molecule is CNS(=O)OC.COC(=O)c1cc(-c2nc(-c3ccccc3)cs2)c(C)s1. The van der Waals surface area contributed by atoms with Gasteiger partial charge in [-0.2, -0.15) is 0 Å². The van der Waals surface area contributed by atoms with E-state index >= 15 is 0 Å². The maximum Gasteiger partial charge on any atom is 0.348 e. The van der Waals surface area contributed by atoms with Crippen molar-refractivity contribution >= 4 is 39.9 Å². The zero-order valence-electron chi connectivity index (χ0n) is 15.3. The molecule has 1 N–H and O–H groups in total. The van der Waals surface area contributed by atoms with Crippen LogP contribution in [0.3, 0.4) is 0 Å². The van der Waals surface area contributed by atoms with Crippen molar-refractivity contribution in [1.82, 2.24) is 9.71 Å². The number of aryl methyl sites for hydroxylation is 1. The van der Waals surface area contributed by atoms with Crippen molar-refractivity contribution < 1.29 is 17.9 Å². The Morgan fingerprint density at radius 1 is 1.22 bits per heavy atom. The van der Waals surface area contributed by atoms with Crippen LogP contribution in [0.25, 0.3) is 21.8 Å². The number of methoxy groups -OCH3 is 1. The molecule has 0 saturated carbocycles. The first kappa shape index (κ1) is 21.4. The summed E-state index contributed by atoms with van der Waals surface area (Å²) in [6.45, 7) is 2.00. The van der Waals surface area contributed by atoms with Crippen molar-refractivity contribution in [2.45, 2.75) is 6.92 Å². The van der Waals surface area contributed by atoms with E-state index in [1.807, 2.05) is 48.7 Å². The van der Waals surface area contributed by atoms with Gasteiger partial charge in [0.15, 0.2) is 0 Å². The molecule has 3 rings (SSSR count). The lowest BCUT2D eigenvalue weighted by Crippen LogP contribution is -2.10. The molecule has 0 bridgehead atoms. The second-order valence-corrected chi connectivity index (χ2v) is 8.41. The van der Waals surface area contributed by atoms with E-state index in [0.717, 1.165) is 26.7 Å². The number of thiophene rings is 1. The molecule has 0 aliphatic heterocycles. The summed E-state index contributed by atoms with van der Waals surface area (Å²) in [5.74, 6) is -0.297. The Morgan fingerprint density at radius 2 is 1.93 bits per heavy atom. The molecule has 27 heavy (non-hydrogen) atoms. The predicted molar refractivity (Wildman–Crippen MR) is 111 cm³/mol. The lowest BCUT2D eigenvalue weighted by Gasteiger charge is -1.95. The van der Waals surface area contributed by atoms with Crippen molar-refractivity contribution in [3.05, 3.63) is 51.5 Å². The van der Waals surface area contributed by atoms with Gasteiger partial charge in [-0.3, -0.25) is 4.18 Å². The Morgan fingerprint density at radius 3 is 2.48 bits per heavy atom. The van der Waals surface area contributed by atoms with Crippen molar-refractivity contribution in [3.8, 4) is 21.8 Å². The molecule has 0 spiro atoms. The summed E-state index contributed by atoms with van der Waals surface area (Å²) in [6, 6.07) is 11.9. The highest BCUT2D eigenvalue weighted by Gasteiger charge is 2.16. The third-order valence-electron chi connectivity index (χ3n) is 3.43. The van der Waals surface area contributed by atoms with E-state index in [1.165, 1.54) is 25.6 Å². The van der Waals surface area contributed by atoms with Crippen molar-refractivity contribution in [2.24, 2.45) is 0 Å². The van der Waals surface area contributed by atoms with Gasteiger partial charge in [-0.15, -0.1) is 22.7 Å². The van der Waals surface area contributed by atoms with Crippen LogP contribution >= 0.6 is 22.7 Å². The normalized spacial score (nSPS) is 11.4. The van der Waals surface area contributed by atoms with Gasteiger partial charge in [-0.1, -0.05) is 30.3 Å². The first-order chi connectivity index (χ1) is 13.0. The van der Waals surface area contributed by atoms with Crippen LogP contribution in [-0.4, -0.2) is 36.4 Å². The maximum atomic E-state index is 11.6. The van der Waals surface area contributed by atoms with Crippen LogP contribution < -0.4 is 4.72 Å². The van der Waals surface area contributed by atoms with Gasteiger partial charge in [0.2, 0.25) is 11.3 Å². The lowest BCUT2D eigenvalue weighted by molar-refractivity contribution is 0.0606. The quantitative estimate of drug-likeness (QED) is 0.625. The molecule has 0 aliphatic carbocycles. The summed E-state index contributed by atoms with van der Waals surface area (Å²) in [6.07, 6.45) is 0. The Hall–Kier alpha value is -1.91. The summed E-state index contributed by atoms with van der Waals surface area (Å²) >= 11 is 1.74. The van der Waals surface area contributed by atoms with E-state index in [4.69, 9.17) is 4.74 Å². The standard InChI is InChI=1S/C16H13NO2S2.C2H7NO2S/c1-10-12(8-14(21-10)16(18)19-2)15-17-13(9-20-15)11-6-4-3-5-7-11;1-3-6(4)5-2/h3-9H,1-2H3;3H,1-2H3. The molecule has 0 fully saturated rings. The number of hydrogen-bond donors (Lipinski definition) is 1. The number of nitrogens with one attached hydrogen (secondary N) is 1. The topological polar surface area (TPSA) is 77.5 Å². The number of ether oxygens (including phenoxy) is 1. The van der Waals surface area contributed by atoms with Gasteiger partial charge in [-0.25, -0.2) is 18.7 Å². The number of carbonyl (C=O) groups is 1. The molecular weight excluding hydrogens is 404 g/mol. The zero-order valence-corrected chi connectivity index (χ0v) is 17.8. The van der Waals surface area contributed by atoms with Gasteiger partial charge >= 0.3 is 5.97 Å². The smallest absolute Gasteiger partial charge is 0.348 e. The van der Waals surface area contributed by atoms with E-state index in [9.17, 15) is 9.00 Å². The second-order valence-electron chi connectivity index (χ2n) is 5.08. The maximum absolute atomic E-state index is 11.6. The number of esters is 1. The molecule has 0 amide bonds. The first-order valence-electron chi connectivity index (χ1n) is 7.83. The minimum absolute atomic E-state index is 0.297. The largest absolute Gasteiger partial charge is 0.465 e.